The first kappa shape index (κ1) is 10.3. The van der Waals surface area contributed by atoms with Crippen molar-refractivity contribution in [2.45, 2.75) is 12.2 Å². The van der Waals surface area contributed by atoms with Gasteiger partial charge in [0.15, 0.2) is 0 Å². The fourth-order valence-electron chi connectivity index (χ4n) is 0.344. The SMILES string of the molecule is CNC(=O)CSC(C)C(=O)O. The van der Waals surface area contributed by atoms with Crippen LogP contribution in [0.5, 0.6) is 0 Å². The van der Waals surface area contributed by atoms with Crippen LogP contribution in [0.2, 0.25) is 0 Å². The number of carboxylic acids is 1. The van der Waals surface area contributed by atoms with Crippen molar-refractivity contribution in [2.75, 3.05) is 12.8 Å². The average Bonchev–Trinajstić information content (AvgIpc) is 1.99. The van der Waals surface area contributed by atoms with Crippen molar-refractivity contribution in [2.24, 2.45) is 0 Å². The van der Waals surface area contributed by atoms with Gasteiger partial charge in [-0.15, -0.1) is 11.8 Å². The van der Waals surface area contributed by atoms with Gasteiger partial charge in [0.25, 0.3) is 0 Å². The van der Waals surface area contributed by atoms with Gasteiger partial charge in [0, 0.05) is 7.05 Å². The molecule has 1 atom stereocenters. The van der Waals surface area contributed by atoms with Crippen LogP contribution >= 0.6 is 11.8 Å². The zero-order chi connectivity index (χ0) is 8.85. The zero-order valence-corrected chi connectivity index (χ0v) is 7.27. The molecule has 0 aliphatic carbocycles. The molecule has 0 heterocycles. The van der Waals surface area contributed by atoms with E-state index in [4.69, 9.17) is 5.11 Å². The maximum atomic E-state index is 10.6. The van der Waals surface area contributed by atoms with Gasteiger partial charge in [-0.05, 0) is 6.92 Å². The normalized spacial score (nSPS) is 12.2. The van der Waals surface area contributed by atoms with Crippen molar-refractivity contribution in [3.63, 3.8) is 0 Å². The van der Waals surface area contributed by atoms with E-state index in [0.717, 1.165) is 11.8 Å². The van der Waals surface area contributed by atoms with E-state index in [9.17, 15) is 9.59 Å². The molecular formula is C6H11NO3S. The molecule has 0 radical (unpaired) electrons. The molecule has 64 valence electrons. The molecular weight excluding hydrogens is 166 g/mol. The topological polar surface area (TPSA) is 66.4 Å². The molecule has 0 aromatic carbocycles. The fraction of sp³-hybridized carbons (Fsp3) is 0.667. The van der Waals surface area contributed by atoms with Gasteiger partial charge in [-0.25, -0.2) is 0 Å². The Morgan fingerprint density at radius 3 is 2.55 bits per heavy atom. The molecule has 4 nitrogen and oxygen atoms in total. The van der Waals surface area contributed by atoms with Gasteiger partial charge in [0.1, 0.15) is 0 Å². The lowest BCUT2D eigenvalue weighted by molar-refractivity contribution is -0.136. The van der Waals surface area contributed by atoms with Gasteiger partial charge in [-0.1, -0.05) is 0 Å². The lowest BCUT2D eigenvalue weighted by Crippen LogP contribution is -2.22. The summed E-state index contributed by atoms with van der Waals surface area (Å²) in [5, 5.41) is 10.3. The molecule has 0 aliphatic heterocycles. The van der Waals surface area contributed by atoms with Crippen LogP contribution in [-0.2, 0) is 9.59 Å². The van der Waals surface area contributed by atoms with Crippen molar-refractivity contribution in [1.29, 1.82) is 0 Å². The van der Waals surface area contributed by atoms with E-state index in [1.54, 1.807) is 6.92 Å². The molecule has 0 saturated carbocycles. The Hall–Kier alpha value is -0.710. The molecule has 0 aromatic heterocycles. The van der Waals surface area contributed by atoms with Crippen LogP contribution in [0.4, 0.5) is 0 Å². The van der Waals surface area contributed by atoms with Crippen LogP contribution in [0.25, 0.3) is 0 Å². The highest BCUT2D eigenvalue weighted by Crippen LogP contribution is 2.08. The summed E-state index contributed by atoms with van der Waals surface area (Å²) in [7, 11) is 1.52. The largest absolute Gasteiger partial charge is 0.480 e. The highest BCUT2D eigenvalue weighted by atomic mass is 32.2. The van der Waals surface area contributed by atoms with Crippen LogP contribution in [0.3, 0.4) is 0 Å². The quantitative estimate of drug-likeness (QED) is 0.631. The molecule has 11 heavy (non-hydrogen) atoms. The third kappa shape index (κ3) is 4.66. The summed E-state index contributed by atoms with van der Waals surface area (Å²) in [4.78, 5) is 20.9. The first-order valence-corrected chi connectivity index (χ1v) is 4.17. The smallest absolute Gasteiger partial charge is 0.316 e. The van der Waals surface area contributed by atoms with Crippen molar-refractivity contribution >= 4 is 23.6 Å². The number of carboxylic acid groups (broad SMARTS) is 1. The van der Waals surface area contributed by atoms with E-state index >= 15 is 0 Å². The molecule has 0 aliphatic rings. The van der Waals surface area contributed by atoms with E-state index in [1.807, 2.05) is 0 Å². The second-order valence-corrected chi connectivity index (χ2v) is 3.29. The summed E-state index contributed by atoms with van der Waals surface area (Å²) < 4.78 is 0. The first-order valence-electron chi connectivity index (χ1n) is 3.13. The number of amides is 1. The lowest BCUT2D eigenvalue weighted by Gasteiger charge is -2.03. The molecule has 0 spiro atoms. The van der Waals surface area contributed by atoms with Gasteiger partial charge in [0.2, 0.25) is 5.91 Å². The Kier molecular flexibility index (Phi) is 4.69. The predicted molar refractivity (Wildman–Crippen MR) is 43.6 cm³/mol. The monoisotopic (exact) mass is 177 g/mol. The van der Waals surface area contributed by atoms with Crippen molar-refractivity contribution in [3.05, 3.63) is 0 Å². The summed E-state index contributed by atoms with van der Waals surface area (Å²) in [5.41, 5.74) is 0. The van der Waals surface area contributed by atoms with Crippen molar-refractivity contribution in [3.8, 4) is 0 Å². The van der Waals surface area contributed by atoms with Gasteiger partial charge in [0.05, 0.1) is 11.0 Å². The highest BCUT2D eigenvalue weighted by molar-refractivity contribution is 8.01. The summed E-state index contributed by atoms with van der Waals surface area (Å²) in [5.74, 6) is -0.841. The van der Waals surface area contributed by atoms with Crippen molar-refractivity contribution < 1.29 is 14.7 Å². The van der Waals surface area contributed by atoms with Gasteiger partial charge < -0.3 is 10.4 Å². The van der Waals surface area contributed by atoms with E-state index in [0.29, 0.717) is 0 Å². The summed E-state index contributed by atoms with van der Waals surface area (Å²) >= 11 is 1.11. The first-order chi connectivity index (χ1) is 5.07. The molecule has 0 saturated heterocycles. The Balaban J connectivity index is 3.54. The number of thioether (sulfide) groups is 1. The lowest BCUT2D eigenvalue weighted by atomic mass is 10.5. The average molecular weight is 177 g/mol. The van der Waals surface area contributed by atoms with Crippen LogP contribution in [0.15, 0.2) is 0 Å². The molecule has 0 aromatic rings. The minimum absolute atomic E-state index is 0.150. The number of nitrogens with one attached hydrogen (secondary N) is 1. The Morgan fingerprint density at radius 1 is 1.64 bits per heavy atom. The zero-order valence-electron chi connectivity index (χ0n) is 6.46. The number of hydrogen-bond acceptors (Lipinski definition) is 3. The van der Waals surface area contributed by atoms with Crippen LogP contribution in [-0.4, -0.2) is 35.0 Å². The van der Waals surface area contributed by atoms with Gasteiger partial charge in [-0.3, -0.25) is 9.59 Å². The van der Waals surface area contributed by atoms with E-state index in [2.05, 4.69) is 5.32 Å². The fourth-order valence-corrected chi connectivity index (χ4v) is 1.03. The van der Waals surface area contributed by atoms with Crippen molar-refractivity contribution in [1.82, 2.24) is 5.32 Å². The number of carbonyl (C=O) groups is 2. The molecule has 5 heteroatoms. The number of carbonyl (C=O) groups excluding carboxylic acids is 1. The summed E-state index contributed by atoms with van der Waals surface area (Å²) in [6.45, 7) is 1.55. The summed E-state index contributed by atoms with van der Waals surface area (Å²) in [6.07, 6.45) is 0. The number of rotatable bonds is 4. The third-order valence-corrected chi connectivity index (χ3v) is 2.22. The minimum Gasteiger partial charge on any atom is -0.480 e. The van der Waals surface area contributed by atoms with Gasteiger partial charge >= 0.3 is 5.97 Å². The third-order valence-electron chi connectivity index (χ3n) is 1.09. The van der Waals surface area contributed by atoms with E-state index in [-0.39, 0.29) is 11.7 Å². The van der Waals surface area contributed by atoms with Crippen LogP contribution < -0.4 is 5.32 Å². The molecule has 2 N–H and O–H groups in total. The Labute approximate surface area is 69.4 Å². The molecule has 0 fully saturated rings. The Morgan fingerprint density at radius 2 is 2.18 bits per heavy atom. The highest BCUT2D eigenvalue weighted by Gasteiger charge is 2.12. The van der Waals surface area contributed by atoms with Crippen LogP contribution in [0, 0.1) is 0 Å². The van der Waals surface area contributed by atoms with E-state index < -0.39 is 11.2 Å². The predicted octanol–water partition coefficient (Wildman–Crippen LogP) is -0.0613. The standard InChI is InChI=1S/C6H11NO3S/c1-4(6(9)10)11-3-5(8)7-2/h4H,3H2,1-2H3,(H,7,8)(H,9,10). The molecule has 0 rings (SSSR count). The number of hydrogen-bond donors (Lipinski definition) is 2. The Bertz CT molecular complexity index is 160. The maximum Gasteiger partial charge on any atom is 0.316 e. The molecule has 1 unspecified atom stereocenters. The molecule has 1 amide bonds. The second-order valence-electron chi connectivity index (χ2n) is 1.96. The molecule has 0 bridgehead atoms. The number of aliphatic carboxylic acids is 1. The maximum absolute atomic E-state index is 10.6. The van der Waals surface area contributed by atoms with E-state index in [1.165, 1.54) is 7.05 Å². The van der Waals surface area contributed by atoms with Gasteiger partial charge in [-0.2, -0.15) is 0 Å². The van der Waals surface area contributed by atoms with Crippen LogP contribution in [0.1, 0.15) is 6.92 Å². The summed E-state index contributed by atoms with van der Waals surface area (Å²) in [6, 6.07) is 0. The second kappa shape index (κ2) is 5.01. The minimum atomic E-state index is -0.890.